The van der Waals surface area contributed by atoms with Crippen molar-refractivity contribution in [3.05, 3.63) is 101 Å². The number of carbonyl (C=O) groups excluding carboxylic acids is 1. The van der Waals surface area contributed by atoms with E-state index < -0.39 is 6.29 Å². The molecule has 40 heavy (non-hydrogen) atoms. The molecule has 10 nitrogen and oxygen atoms in total. The highest BCUT2D eigenvalue weighted by Crippen LogP contribution is 2.39. The van der Waals surface area contributed by atoms with Gasteiger partial charge in [-0.05, 0) is 46.2 Å². The molecule has 1 aliphatic rings. The molecule has 1 saturated heterocycles. The quantitative estimate of drug-likeness (QED) is 0.245. The van der Waals surface area contributed by atoms with Crippen molar-refractivity contribution in [3.63, 3.8) is 0 Å². The molecule has 1 fully saturated rings. The minimum atomic E-state index is -0.572. The highest BCUT2D eigenvalue weighted by atomic mass is 32.2. The maximum Gasteiger partial charge on any atom is 0.315 e. The standard InChI is InChI=1S/C29H32N6O4S/c1-2-30-28(37)31-17-20-8-14-23(15-9-20)27-38-25(16-26(39-27)22-12-10-21(18-36)11-13-22)19-40-29-32-33-34-35(29)24-6-4-3-5-7-24/h3-15,25-27,36H,2,16-19H2,1H3,(H2,30,31,37). The fourth-order valence-corrected chi connectivity index (χ4v) is 5.30. The number of benzene rings is 3. The van der Waals surface area contributed by atoms with Gasteiger partial charge in [0.15, 0.2) is 6.29 Å². The summed E-state index contributed by atoms with van der Waals surface area (Å²) in [5.41, 5.74) is 4.63. The van der Waals surface area contributed by atoms with Gasteiger partial charge in [-0.3, -0.25) is 0 Å². The second kappa shape index (κ2) is 13.5. The maximum absolute atomic E-state index is 11.7. The molecule has 0 spiro atoms. The molecule has 3 atom stereocenters. The van der Waals surface area contributed by atoms with Crippen molar-refractivity contribution in [3.8, 4) is 5.69 Å². The van der Waals surface area contributed by atoms with Crippen LogP contribution in [-0.2, 0) is 22.6 Å². The summed E-state index contributed by atoms with van der Waals surface area (Å²) in [7, 11) is 0. The van der Waals surface area contributed by atoms with Crippen molar-refractivity contribution in [1.29, 1.82) is 0 Å². The molecule has 0 radical (unpaired) electrons. The number of hydrogen-bond donors (Lipinski definition) is 3. The third-order valence-corrected chi connectivity index (χ3v) is 7.55. The number of ether oxygens (including phenoxy) is 2. The Morgan fingerprint density at radius 2 is 1.70 bits per heavy atom. The summed E-state index contributed by atoms with van der Waals surface area (Å²) in [6, 6.07) is 25.3. The Bertz CT molecular complexity index is 1370. The third kappa shape index (κ3) is 7.05. The average Bonchev–Trinajstić information content (AvgIpc) is 3.48. The van der Waals surface area contributed by atoms with Crippen molar-refractivity contribution in [2.75, 3.05) is 12.3 Å². The number of hydrogen-bond acceptors (Lipinski definition) is 8. The van der Waals surface area contributed by atoms with Crippen LogP contribution >= 0.6 is 11.8 Å². The molecule has 1 aliphatic heterocycles. The molecule has 4 aromatic rings. The van der Waals surface area contributed by atoms with Crippen molar-refractivity contribution in [2.45, 2.75) is 50.2 Å². The number of thioether (sulfide) groups is 1. The van der Waals surface area contributed by atoms with Gasteiger partial charge in [0.1, 0.15) is 0 Å². The Morgan fingerprint density at radius 3 is 2.42 bits per heavy atom. The SMILES string of the molecule is CCNC(=O)NCc1ccc(C2OC(CSc3nnnn3-c3ccccc3)CC(c3ccc(CO)cc3)O2)cc1. The summed E-state index contributed by atoms with van der Waals surface area (Å²) in [6.45, 7) is 2.87. The molecule has 0 saturated carbocycles. The Labute approximate surface area is 237 Å². The highest BCUT2D eigenvalue weighted by molar-refractivity contribution is 7.99. The first-order valence-corrected chi connectivity index (χ1v) is 14.2. The van der Waals surface area contributed by atoms with E-state index in [1.54, 1.807) is 4.68 Å². The Kier molecular flexibility index (Phi) is 9.40. The topological polar surface area (TPSA) is 123 Å². The number of rotatable bonds is 10. The summed E-state index contributed by atoms with van der Waals surface area (Å²) < 4.78 is 14.6. The number of nitrogens with zero attached hydrogens (tertiary/aromatic N) is 4. The Hall–Kier alpha value is -3.77. The lowest BCUT2D eigenvalue weighted by Crippen LogP contribution is -2.34. The average molecular weight is 561 g/mol. The van der Waals surface area contributed by atoms with Crippen LogP contribution in [-0.4, -0.2) is 49.7 Å². The van der Waals surface area contributed by atoms with Crippen molar-refractivity contribution >= 4 is 17.8 Å². The normalized spacial score (nSPS) is 18.8. The van der Waals surface area contributed by atoms with E-state index in [2.05, 4.69) is 26.2 Å². The van der Waals surface area contributed by atoms with Gasteiger partial charge in [0, 0.05) is 30.8 Å². The predicted molar refractivity (Wildman–Crippen MR) is 151 cm³/mol. The minimum absolute atomic E-state index is 0.00571. The monoisotopic (exact) mass is 560 g/mol. The largest absolute Gasteiger partial charge is 0.392 e. The van der Waals surface area contributed by atoms with Crippen molar-refractivity contribution in [2.24, 2.45) is 0 Å². The fourth-order valence-electron chi connectivity index (χ4n) is 4.39. The number of aromatic nitrogens is 4. The number of para-hydroxylation sites is 1. The number of amides is 2. The van der Waals surface area contributed by atoms with Gasteiger partial charge in [-0.15, -0.1) is 5.10 Å². The number of carbonyl (C=O) groups is 1. The van der Waals surface area contributed by atoms with Crippen LogP contribution in [0.25, 0.3) is 5.69 Å². The van der Waals surface area contributed by atoms with E-state index in [0.29, 0.717) is 30.4 Å². The zero-order valence-electron chi connectivity index (χ0n) is 22.1. The number of nitrogens with one attached hydrogen (secondary N) is 2. The molecule has 3 unspecified atom stereocenters. The molecule has 3 aromatic carbocycles. The lowest BCUT2D eigenvalue weighted by Gasteiger charge is -2.36. The zero-order valence-corrected chi connectivity index (χ0v) is 23.0. The molecule has 1 aromatic heterocycles. The number of aliphatic hydroxyl groups excluding tert-OH is 1. The van der Waals surface area contributed by atoms with E-state index in [1.165, 1.54) is 11.8 Å². The van der Waals surface area contributed by atoms with Gasteiger partial charge >= 0.3 is 6.03 Å². The maximum atomic E-state index is 11.7. The smallest absolute Gasteiger partial charge is 0.315 e. The van der Waals surface area contributed by atoms with Crippen LogP contribution in [0.15, 0.2) is 84.0 Å². The van der Waals surface area contributed by atoms with E-state index in [9.17, 15) is 9.90 Å². The highest BCUT2D eigenvalue weighted by Gasteiger charge is 2.32. The van der Waals surface area contributed by atoms with Gasteiger partial charge in [0.2, 0.25) is 5.16 Å². The zero-order chi connectivity index (χ0) is 27.7. The van der Waals surface area contributed by atoms with E-state index in [1.807, 2.05) is 85.8 Å². The van der Waals surface area contributed by atoms with Crippen LogP contribution in [0.2, 0.25) is 0 Å². The molecule has 0 aliphatic carbocycles. The van der Waals surface area contributed by atoms with Crippen molar-refractivity contribution < 1.29 is 19.4 Å². The molecule has 11 heteroatoms. The molecule has 0 bridgehead atoms. The van der Waals surface area contributed by atoms with Gasteiger partial charge in [-0.1, -0.05) is 78.5 Å². The van der Waals surface area contributed by atoms with Gasteiger partial charge < -0.3 is 25.2 Å². The molecule has 208 valence electrons. The number of urea groups is 1. The van der Waals surface area contributed by atoms with Crippen LogP contribution in [0.1, 0.15) is 48.0 Å². The summed E-state index contributed by atoms with van der Waals surface area (Å²) in [4.78, 5) is 11.7. The first-order chi connectivity index (χ1) is 19.6. The molecular formula is C29H32N6O4S. The predicted octanol–water partition coefficient (Wildman–Crippen LogP) is 4.31. The van der Waals surface area contributed by atoms with E-state index in [-0.39, 0.29) is 24.8 Å². The van der Waals surface area contributed by atoms with Crippen LogP contribution < -0.4 is 10.6 Å². The fraction of sp³-hybridized carbons (Fsp3) is 0.310. The summed E-state index contributed by atoms with van der Waals surface area (Å²) in [5, 5.41) is 28.0. The molecule has 2 heterocycles. The number of aliphatic hydroxyl groups is 1. The van der Waals surface area contributed by atoms with E-state index in [4.69, 9.17) is 9.47 Å². The van der Waals surface area contributed by atoms with Crippen LogP contribution in [0, 0.1) is 0 Å². The molecule has 5 rings (SSSR count). The Balaban J connectivity index is 1.30. The van der Waals surface area contributed by atoms with Crippen LogP contribution in [0.3, 0.4) is 0 Å². The molecule has 2 amide bonds. The first-order valence-electron chi connectivity index (χ1n) is 13.2. The summed E-state index contributed by atoms with van der Waals surface area (Å²) in [5.74, 6) is 0.632. The van der Waals surface area contributed by atoms with Crippen LogP contribution in [0.5, 0.6) is 0 Å². The second-order valence-electron chi connectivity index (χ2n) is 9.32. The minimum Gasteiger partial charge on any atom is -0.392 e. The first kappa shape index (κ1) is 27.8. The number of tetrazole rings is 1. The van der Waals surface area contributed by atoms with Gasteiger partial charge in [-0.25, -0.2) is 4.79 Å². The van der Waals surface area contributed by atoms with Gasteiger partial charge in [0.05, 0.1) is 24.5 Å². The van der Waals surface area contributed by atoms with E-state index in [0.717, 1.165) is 27.9 Å². The summed E-state index contributed by atoms with van der Waals surface area (Å²) in [6.07, 6.45) is -0.242. The Morgan fingerprint density at radius 1 is 0.975 bits per heavy atom. The third-order valence-electron chi connectivity index (χ3n) is 6.50. The van der Waals surface area contributed by atoms with E-state index >= 15 is 0 Å². The lowest BCUT2D eigenvalue weighted by molar-refractivity contribution is -0.245. The second-order valence-corrected chi connectivity index (χ2v) is 10.3. The molecular weight excluding hydrogens is 528 g/mol. The summed E-state index contributed by atoms with van der Waals surface area (Å²) >= 11 is 1.54. The molecule has 3 N–H and O–H groups in total. The lowest BCUT2D eigenvalue weighted by atomic mass is 10.0. The van der Waals surface area contributed by atoms with Crippen molar-refractivity contribution in [1.82, 2.24) is 30.8 Å². The van der Waals surface area contributed by atoms with Crippen LogP contribution in [0.4, 0.5) is 4.79 Å². The van der Waals surface area contributed by atoms with Gasteiger partial charge in [-0.2, -0.15) is 4.68 Å². The van der Waals surface area contributed by atoms with Gasteiger partial charge in [0.25, 0.3) is 0 Å².